The van der Waals surface area contributed by atoms with E-state index in [9.17, 15) is 0 Å². The molecular formula is C12H11N5S. The minimum atomic E-state index is 0.767. The van der Waals surface area contributed by atoms with Crippen LogP contribution in [0.5, 0.6) is 0 Å². The molecule has 0 amide bonds. The van der Waals surface area contributed by atoms with E-state index in [-0.39, 0.29) is 0 Å². The zero-order valence-electron chi connectivity index (χ0n) is 9.82. The van der Waals surface area contributed by atoms with Gasteiger partial charge in [0.2, 0.25) is 5.16 Å². The Balaban J connectivity index is 2.12. The van der Waals surface area contributed by atoms with Crippen molar-refractivity contribution in [2.24, 2.45) is 0 Å². The molecule has 0 N–H and O–H groups in total. The van der Waals surface area contributed by atoms with Crippen molar-refractivity contribution in [3.8, 4) is 11.3 Å². The van der Waals surface area contributed by atoms with Crippen LogP contribution in [0.1, 0.15) is 6.92 Å². The molecule has 0 radical (unpaired) electrons. The van der Waals surface area contributed by atoms with Crippen LogP contribution in [0, 0.1) is 0 Å². The first-order valence-corrected chi connectivity index (χ1v) is 6.62. The Labute approximate surface area is 108 Å². The summed E-state index contributed by atoms with van der Waals surface area (Å²) in [7, 11) is 0. The fourth-order valence-corrected chi connectivity index (χ4v) is 2.28. The molecule has 18 heavy (non-hydrogen) atoms. The lowest BCUT2D eigenvalue weighted by atomic mass is 10.2. The Morgan fingerprint density at radius 1 is 1.11 bits per heavy atom. The summed E-state index contributed by atoms with van der Waals surface area (Å²) >= 11 is 1.63. The smallest absolute Gasteiger partial charge is 0.212 e. The lowest BCUT2D eigenvalue weighted by molar-refractivity contribution is 0.813. The molecule has 0 aliphatic carbocycles. The van der Waals surface area contributed by atoms with Crippen LogP contribution in [0.3, 0.4) is 0 Å². The molecular weight excluding hydrogens is 246 g/mol. The van der Waals surface area contributed by atoms with Crippen LogP contribution < -0.4 is 0 Å². The first kappa shape index (κ1) is 11.2. The van der Waals surface area contributed by atoms with E-state index in [1.165, 1.54) is 0 Å². The Kier molecular flexibility index (Phi) is 2.93. The van der Waals surface area contributed by atoms with Crippen LogP contribution in [-0.2, 0) is 0 Å². The fourth-order valence-electron chi connectivity index (χ4n) is 1.66. The van der Waals surface area contributed by atoms with Gasteiger partial charge in [0, 0.05) is 18.0 Å². The molecule has 0 aliphatic rings. The minimum Gasteiger partial charge on any atom is -0.265 e. The molecule has 0 spiro atoms. The molecule has 90 valence electrons. The minimum absolute atomic E-state index is 0.767. The normalized spacial score (nSPS) is 10.9. The van der Waals surface area contributed by atoms with E-state index >= 15 is 0 Å². The summed E-state index contributed by atoms with van der Waals surface area (Å²) in [5.41, 5.74) is 2.69. The van der Waals surface area contributed by atoms with Gasteiger partial charge in [-0.15, -0.1) is 10.2 Å². The van der Waals surface area contributed by atoms with Crippen LogP contribution in [0.2, 0.25) is 0 Å². The van der Waals surface area contributed by atoms with Gasteiger partial charge >= 0.3 is 0 Å². The first-order valence-electron chi connectivity index (χ1n) is 5.64. The summed E-state index contributed by atoms with van der Waals surface area (Å²) < 4.78 is 1.78. The second kappa shape index (κ2) is 4.73. The molecule has 0 aromatic carbocycles. The second-order valence-electron chi connectivity index (χ2n) is 3.64. The Morgan fingerprint density at radius 2 is 1.94 bits per heavy atom. The average molecular weight is 257 g/mol. The zero-order chi connectivity index (χ0) is 12.4. The number of fused-ring (bicyclic) bond motifs is 1. The van der Waals surface area contributed by atoms with Gasteiger partial charge in [0.1, 0.15) is 0 Å². The molecule has 6 heteroatoms. The van der Waals surface area contributed by atoms with Crippen LogP contribution in [0.25, 0.3) is 16.9 Å². The van der Waals surface area contributed by atoms with E-state index in [1.807, 2.05) is 24.3 Å². The van der Waals surface area contributed by atoms with Crippen molar-refractivity contribution in [1.82, 2.24) is 24.8 Å². The van der Waals surface area contributed by atoms with Crippen LogP contribution in [0.4, 0.5) is 0 Å². The third-order valence-corrected chi connectivity index (χ3v) is 3.29. The van der Waals surface area contributed by atoms with Gasteiger partial charge in [-0.05, 0) is 30.0 Å². The lowest BCUT2D eigenvalue weighted by Crippen LogP contribution is -1.96. The highest BCUT2D eigenvalue weighted by molar-refractivity contribution is 7.99. The number of thioether (sulfide) groups is 1. The zero-order valence-corrected chi connectivity index (χ0v) is 10.6. The van der Waals surface area contributed by atoms with E-state index in [2.05, 4.69) is 27.2 Å². The molecule has 0 fully saturated rings. The Bertz CT molecular complexity index is 665. The number of hydrogen-bond donors (Lipinski definition) is 0. The molecule has 3 aromatic rings. The van der Waals surface area contributed by atoms with Crippen LogP contribution in [-0.4, -0.2) is 30.5 Å². The van der Waals surface area contributed by atoms with Crippen molar-refractivity contribution in [2.75, 3.05) is 5.75 Å². The third kappa shape index (κ3) is 1.95. The molecule has 3 rings (SSSR count). The number of nitrogens with zero attached hydrogens (tertiary/aromatic N) is 5. The highest BCUT2D eigenvalue weighted by Gasteiger charge is 2.08. The molecule has 0 saturated heterocycles. The molecule has 3 heterocycles. The molecule has 0 aliphatic heterocycles. The summed E-state index contributed by atoms with van der Waals surface area (Å²) in [6.07, 6.45) is 3.52. The van der Waals surface area contributed by atoms with E-state index in [0.29, 0.717) is 0 Å². The standard InChI is InChI=1S/C12H11N5S/c1-2-18-12-15-14-11-4-3-10(16-17(11)12)9-5-7-13-8-6-9/h3-8H,2H2,1H3. The topological polar surface area (TPSA) is 56.0 Å². The maximum Gasteiger partial charge on any atom is 0.212 e. The first-order chi connectivity index (χ1) is 8.88. The van der Waals surface area contributed by atoms with E-state index in [1.54, 1.807) is 28.7 Å². The van der Waals surface area contributed by atoms with Gasteiger partial charge in [-0.25, -0.2) is 0 Å². The van der Waals surface area contributed by atoms with Crippen LogP contribution in [0.15, 0.2) is 41.8 Å². The van der Waals surface area contributed by atoms with Gasteiger partial charge in [0.25, 0.3) is 0 Å². The number of pyridine rings is 1. The lowest BCUT2D eigenvalue weighted by Gasteiger charge is -2.01. The van der Waals surface area contributed by atoms with Gasteiger partial charge in [0.05, 0.1) is 5.69 Å². The fraction of sp³-hybridized carbons (Fsp3) is 0.167. The predicted molar refractivity (Wildman–Crippen MR) is 70.4 cm³/mol. The summed E-state index contributed by atoms with van der Waals surface area (Å²) in [5.74, 6) is 0.946. The molecule has 0 saturated carbocycles. The van der Waals surface area contributed by atoms with E-state index in [4.69, 9.17) is 0 Å². The van der Waals surface area contributed by atoms with Crippen molar-refractivity contribution in [3.63, 3.8) is 0 Å². The largest absolute Gasteiger partial charge is 0.265 e. The average Bonchev–Trinajstić information content (AvgIpc) is 2.83. The molecule has 0 bridgehead atoms. The second-order valence-corrected chi connectivity index (χ2v) is 4.87. The summed E-state index contributed by atoms with van der Waals surface area (Å²) in [5, 5.41) is 13.6. The van der Waals surface area contributed by atoms with Gasteiger partial charge in [0.15, 0.2) is 5.65 Å². The maximum absolute atomic E-state index is 4.57. The monoisotopic (exact) mass is 257 g/mol. The highest BCUT2D eigenvalue weighted by atomic mass is 32.2. The molecule has 5 nitrogen and oxygen atoms in total. The molecule has 0 unspecified atom stereocenters. The quantitative estimate of drug-likeness (QED) is 0.674. The summed E-state index contributed by atoms with van der Waals surface area (Å²) in [6, 6.07) is 7.74. The predicted octanol–water partition coefficient (Wildman–Crippen LogP) is 2.30. The van der Waals surface area contributed by atoms with E-state index in [0.717, 1.165) is 27.8 Å². The summed E-state index contributed by atoms with van der Waals surface area (Å²) in [4.78, 5) is 4.01. The highest BCUT2D eigenvalue weighted by Crippen LogP contribution is 2.19. The van der Waals surface area contributed by atoms with E-state index < -0.39 is 0 Å². The van der Waals surface area contributed by atoms with Gasteiger partial charge in [-0.2, -0.15) is 9.61 Å². The van der Waals surface area contributed by atoms with Crippen molar-refractivity contribution in [2.45, 2.75) is 12.1 Å². The molecule has 3 aromatic heterocycles. The number of hydrogen-bond acceptors (Lipinski definition) is 5. The van der Waals surface area contributed by atoms with Gasteiger partial charge in [-0.3, -0.25) is 4.98 Å². The van der Waals surface area contributed by atoms with Crippen molar-refractivity contribution in [3.05, 3.63) is 36.7 Å². The number of aromatic nitrogens is 5. The third-order valence-electron chi connectivity index (χ3n) is 2.48. The van der Waals surface area contributed by atoms with Gasteiger partial charge in [-0.1, -0.05) is 18.7 Å². The van der Waals surface area contributed by atoms with Crippen LogP contribution >= 0.6 is 11.8 Å². The molecule has 0 atom stereocenters. The summed E-state index contributed by atoms with van der Waals surface area (Å²) in [6.45, 7) is 2.08. The Morgan fingerprint density at radius 3 is 2.72 bits per heavy atom. The maximum atomic E-state index is 4.57. The number of rotatable bonds is 3. The van der Waals surface area contributed by atoms with Gasteiger partial charge < -0.3 is 0 Å². The van der Waals surface area contributed by atoms with Crippen molar-refractivity contribution < 1.29 is 0 Å². The van der Waals surface area contributed by atoms with Crippen molar-refractivity contribution >= 4 is 17.4 Å². The van der Waals surface area contributed by atoms with Crippen molar-refractivity contribution in [1.29, 1.82) is 0 Å². The SMILES string of the molecule is CCSc1nnc2ccc(-c3ccncc3)nn12. The Hall–Kier alpha value is -1.95.